The van der Waals surface area contributed by atoms with E-state index in [-0.39, 0.29) is 17.2 Å². The molecule has 176 valence electrons. The summed E-state index contributed by atoms with van der Waals surface area (Å²) in [6.45, 7) is 0.598. The Morgan fingerprint density at radius 2 is 2.06 bits per heavy atom. The molecule has 35 heavy (non-hydrogen) atoms. The van der Waals surface area contributed by atoms with Gasteiger partial charge in [0.1, 0.15) is 11.5 Å². The Bertz CT molecular complexity index is 1480. The molecule has 0 aliphatic heterocycles. The van der Waals surface area contributed by atoms with Crippen molar-refractivity contribution in [2.45, 2.75) is 50.0 Å². The SMILES string of the molecule is O=C(Nc1cc(NCc2cn3cc(C4CC4)ccc3n2)ccn1)C1CC12CCc1ccc(Cl)cc12. The highest BCUT2D eigenvalue weighted by atomic mass is 35.5. The molecule has 7 rings (SSSR count). The number of fused-ring (bicyclic) bond motifs is 3. The minimum absolute atomic E-state index is 0.0286. The first kappa shape index (κ1) is 20.9. The molecule has 1 aromatic carbocycles. The standard InChI is InChI=1S/C28H26ClN5O/c29-20-5-3-18-7-9-28(23(18)11-20)13-24(28)27(35)33-25-12-21(8-10-30-25)31-14-22-16-34-15-19(17-1-2-17)4-6-26(34)32-22/h3-6,8,10-12,15-17,24H,1-2,7,9,13-14H2,(H2,30,31,33,35). The summed E-state index contributed by atoms with van der Waals surface area (Å²) in [6, 6.07) is 14.2. The van der Waals surface area contributed by atoms with Crippen molar-refractivity contribution in [2.75, 3.05) is 10.6 Å². The number of imidazole rings is 1. The molecule has 2 atom stereocenters. The van der Waals surface area contributed by atoms with Gasteiger partial charge in [-0.15, -0.1) is 0 Å². The molecular formula is C28H26ClN5O. The van der Waals surface area contributed by atoms with Crippen LogP contribution >= 0.6 is 11.6 Å². The highest BCUT2D eigenvalue weighted by molar-refractivity contribution is 6.30. The summed E-state index contributed by atoms with van der Waals surface area (Å²) in [6.07, 6.45) is 11.5. The summed E-state index contributed by atoms with van der Waals surface area (Å²) in [7, 11) is 0. The van der Waals surface area contributed by atoms with Gasteiger partial charge in [0.2, 0.25) is 5.91 Å². The van der Waals surface area contributed by atoms with Crippen molar-refractivity contribution in [1.29, 1.82) is 0 Å². The maximum Gasteiger partial charge on any atom is 0.229 e. The lowest BCUT2D eigenvalue weighted by Crippen LogP contribution is -2.20. The Balaban J connectivity index is 1.01. The van der Waals surface area contributed by atoms with Gasteiger partial charge in [-0.3, -0.25) is 4.79 Å². The Morgan fingerprint density at radius 1 is 1.14 bits per heavy atom. The predicted molar refractivity (Wildman–Crippen MR) is 137 cm³/mol. The van der Waals surface area contributed by atoms with Crippen LogP contribution in [0, 0.1) is 5.92 Å². The first-order chi connectivity index (χ1) is 17.1. The van der Waals surface area contributed by atoms with Crippen molar-refractivity contribution in [3.63, 3.8) is 0 Å². The van der Waals surface area contributed by atoms with Gasteiger partial charge < -0.3 is 15.0 Å². The molecule has 0 bridgehead atoms. The van der Waals surface area contributed by atoms with Gasteiger partial charge in [0, 0.05) is 46.7 Å². The number of amides is 1. The average molecular weight is 484 g/mol. The van der Waals surface area contributed by atoms with Crippen LogP contribution in [0.5, 0.6) is 0 Å². The molecule has 2 unspecified atom stereocenters. The number of pyridine rings is 2. The summed E-state index contributed by atoms with van der Waals surface area (Å²) in [4.78, 5) is 22.2. The van der Waals surface area contributed by atoms with Crippen molar-refractivity contribution < 1.29 is 4.79 Å². The number of carbonyl (C=O) groups is 1. The third-order valence-corrected chi connectivity index (χ3v) is 8.13. The molecule has 2 saturated carbocycles. The molecule has 3 aromatic heterocycles. The zero-order valence-corrected chi connectivity index (χ0v) is 20.1. The second-order valence-corrected chi connectivity index (χ2v) is 10.7. The Labute approximate surface area is 208 Å². The van der Waals surface area contributed by atoms with Gasteiger partial charge in [-0.1, -0.05) is 23.7 Å². The van der Waals surface area contributed by atoms with Crippen LogP contribution < -0.4 is 10.6 Å². The monoisotopic (exact) mass is 483 g/mol. The highest BCUT2D eigenvalue weighted by Crippen LogP contribution is 2.62. The van der Waals surface area contributed by atoms with Crippen molar-refractivity contribution in [3.8, 4) is 0 Å². The lowest BCUT2D eigenvalue weighted by Gasteiger charge is -2.12. The number of carbonyl (C=O) groups excluding carboxylic acids is 1. The van der Waals surface area contributed by atoms with E-state index in [1.807, 2.05) is 24.3 Å². The normalized spacial score (nSPS) is 22.4. The number of aromatic nitrogens is 3. The van der Waals surface area contributed by atoms with E-state index in [0.29, 0.717) is 12.4 Å². The molecule has 1 spiro atoms. The number of rotatable bonds is 6. The lowest BCUT2D eigenvalue weighted by molar-refractivity contribution is -0.117. The Kier molecular flexibility index (Phi) is 4.68. The first-order valence-electron chi connectivity index (χ1n) is 12.3. The van der Waals surface area contributed by atoms with Crippen molar-refractivity contribution >= 4 is 34.7 Å². The summed E-state index contributed by atoms with van der Waals surface area (Å²) in [5, 5.41) is 7.20. The van der Waals surface area contributed by atoms with Gasteiger partial charge in [-0.2, -0.15) is 0 Å². The molecule has 7 heteroatoms. The molecule has 3 aliphatic rings. The van der Waals surface area contributed by atoms with E-state index < -0.39 is 0 Å². The molecule has 0 radical (unpaired) electrons. The number of anilines is 2. The molecule has 6 nitrogen and oxygen atoms in total. The van der Waals surface area contributed by atoms with Crippen molar-refractivity contribution in [1.82, 2.24) is 14.4 Å². The molecule has 2 fully saturated rings. The van der Waals surface area contributed by atoms with Crippen molar-refractivity contribution in [2.24, 2.45) is 5.92 Å². The smallest absolute Gasteiger partial charge is 0.229 e. The molecule has 0 saturated heterocycles. The first-order valence-corrected chi connectivity index (χ1v) is 12.7. The van der Waals surface area contributed by atoms with Gasteiger partial charge in [0.15, 0.2) is 0 Å². The number of hydrogen-bond acceptors (Lipinski definition) is 4. The van der Waals surface area contributed by atoms with Crippen LogP contribution in [-0.2, 0) is 23.2 Å². The van der Waals surface area contributed by atoms with Crippen molar-refractivity contribution in [3.05, 3.63) is 88.5 Å². The van der Waals surface area contributed by atoms with E-state index >= 15 is 0 Å². The zero-order valence-electron chi connectivity index (χ0n) is 19.3. The molecule has 3 heterocycles. The maximum atomic E-state index is 13.1. The number of benzene rings is 1. The third-order valence-electron chi connectivity index (χ3n) is 7.90. The van der Waals surface area contributed by atoms with Gasteiger partial charge in [0.25, 0.3) is 0 Å². The van der Waals surface area contributed by atoms with Crippen LogP contribution in [0.25, 0.3) is 5.65 Å². The number of halogens is 1. The number of aryl methyl sites for hydroxylation is 1. The number of nitrogens with one attached hydrogen (secondary N) is 2. The number of nitrogens with zero attached hydrogens (tertiary/aromatic N) is 3. The second-order valence-electron chi connectivity index (χ2n) is 10.2. The zero-order chi connectivity index (χ0) is 23.6. The van der Waals surface area contributed by atoms with Gasteiger partial charge in [-0.05, 0) is 79.0 Å². The maximum absolute atomic E-state index is 13.1. The molecule has 3 aliphatic carbocycles. The minimum Gasteiger partial charge on any atom is -0.379 e. The molecule has 2 N–H and O–H groups in total. The highest BCUT2D eigenvalue weighted by Gasteiger charge is 2.61. The van der Waals surface area contributed by atoms with Crippen LogP contribution in [0.1, 0.15) is 54.0 Å². The molecule has 4 aromatic rings. The van der Waals surface area contributed by atoms with E-state index in [4.69, 9.17) is 16.6 Å². The van der Waals surface area contributed by atoms with E-state index in [9.17, 15) is 4.79 Å². The van der Waals surface area contributed by atoms with Crippen LogP contribution in [0.4, 0.5) is 11.5 Å². The van der Waals surface area contributed by atoms with E-state index in [1.165, 1.54) is 29.5 Å². The fraction of sp³-hybridized carbons (Fsp3) is 0.321. The largest absolute Gasteiger partial charge is 0.379 e. The lowest BCUT2D eigenvalue weighted by atomic mass is 9.95. The quantitative estimate of drug-likeness (QED) is 0.368. The van der Waals surface area contributed by atoms with Gasteiger partial charge in [-0.25, -0.2) is 9.97 Å². The summed E-state index contributed by atoms with van der Waals surface area (Å²) >= 11 is 6.25. The van der Waals surface area contributed by atoms with Crippen LogP contribution in [0.2, 0.25) is 5.02 Å². The molecular weight excluding hydrogens is 458 g/mol. The Hall–Kier alpha value is -3.38. The van der Waals surface area contributed by atoms with Crippen LogP contribution in [0.15, 0.2) is 61.1 Å². The van der Waals surface area contributed by atoms with E-state index in [1.54, 1.807) is 6.20 Å². The van der Waals surface area contributed by atoms with E-state index in [0.717, 1.165) is 47.2 Å². The summed E-state index contributed by atoms with van der Waals surface area (Å²) in [5.74, 6) is 1.30. The van der Waals surface area contributed by atoms with Crippen LogP contribution in [-0.4, -0.2) is 20.3 Å². The second kappa shape index (κ2) is 7.82. The summed E-state index contributed by atoms with van der Waals surface area (Å²) in [5.41, 5.74) is 6.75. The third kappa shape index (κ3) is 3.76. The topological polar surface area (TPSA) is 71.3 Å². The minimum atomic E-state index is -0.0529. The fourth-order valence-electron chi connectivity index (χ4n) is 5.77. The number of hydrogen-bond donors (Lipinski definition) is 2. The van der Waals surface area contributed by atoms with Gasteiger partial charge in [0.05, 0.1) is 12.2 Å². The molecule has 1 amide bonds. The average Bonchev–Trinajstić information content (AvgIpc) is 3.76. The Morgan fingerprint density at radius 3 is 2.94 bits per heavy atom. The van der Waals surface area contributed by atoms with E-state index in [2.05, 4.69) is 50.6 Å². The summed E-state index contributed by atoms with van der Waals surface area (Å²) < 4.78 is 2.11. The van der Waals surface area contributed by atoms with Crippen LogP contribution in [0.3, 0.4) is 0 Å². The predicted octanol–water partition coefficient (Wildman–Crippen LogP) is 5.71. The fourth-order valence-corrected chi connectivity index (χ4v) is 5.94. The van der Waals surface area contributed by atoms with Gasteiger partial charge >= 0.3 is 0 Å².